The number of aryl methyl sites for hydroxylation is 1. The van der Waals surface area contributed by atoms with Crippen LogP contribution in [0.3, 0.4) is 0 Å². The fourth-order valence-electron chi connectivity index (χ4n) is 1.57. The molecule has 1 N–H and O–H groups in total. The zero-order valence-corrected chi connectivity index (χ0v) is 11.9. The maximum atomic E-state index is 11.9. The van der Waals surface area contributed by atoms with Crippen LogP contribution in [0, 0.1) is 6.92 Å². The Bertz CT molecular complexity index is 633. The van der Waals surface area contributed by atoms with Crippen LogP contribution in [0.5, 0.6) is 5.75 Å². The van der Waals surface area contributed by atoms with E-state index in [-0.39, 0.29) is 17.2 Å². The van der Waals surface area contributed by atoms with Gasteiger partial charge in [-0.3, -0.25) is 4.79 Å². The highest BCUT2D eigenvalue weighted by Gasteiger charge is 2.09. The Hall–Kier alpha value is -1.94. The molecule has 1 heterocycles. The van der Waals surface area contributed by atoms with Crippen molar-refractivity contribution in [1.82, 2.24) is 4.98 Å². The van der Waals surface area contributed by atoms with Gasteiger partial charge in [-0.1, -0.05) is 34.1 Å². The van der Waals surface area contributed by atoms with E-state index in [2.05, 4.69) is 20.9 Å². The molecule has 0 unspecified atom stereocenters. The average molecular weight is 318 g/mol. The summed E-state index contributed by atoms with van der Waals surface area (Å²) in [6, 6.07) is 9.08. The summed E-state index contributed by atoms with van der Waals surface area (Å²) in [5.41, 5.74) is 1.79. The Morgan fingerprint density at radius 3 is 2.63 bits per heavy atom. The van der Waals surface area contributed by atoms with Crippen LogP contribution in [0.2, 0.25) is 0 Å². The van der Waals surface area contributed by atoms with E-state index in [9.17, 15) is 9.90 Å². The largest absolute Gasteiger partial charge is 0.506 e. The Balaban J connectivity index is 2.18. The van der Waals surface area contributed by atoms with Gasteiger partial charge in [-0.15, -0.1) is 0 Å². The summed E-state index contributed by atoms with van der Waals surface area (Å²) in [4.78, 5) is 15.8. The molecule has 0 bridgehead atoms. The van der Waals surface area contributed by atoms with Gasteiger partial charge in [0.2, 0.25) is 5.78 Å². The van der Waals surface area contributed by atoms with Gasteiger partial charge in [0.05, 0.1) is 0 Å². The van der Waals surface area contributed by atoms with Gasteiger partial charge in [0, 0.05) is 10.7 Å². The minimum atomic E-state index is -0.319. The lowest BCUT2D eigenvalue weighted by atomic mass is 10.1. The van der Waals surface area contributed by atoms with E-state index in [1.807, 2.05) is 24.3 Å². The number of rotatable bonds is 3. The number of hydrogen-bond donors (Lipinski definition) is 1. The van der Waals surface area contributed by atoms with E-state index in [0.717, 1.165) is 15.6 Å². The predicted octanol–water partition coefficient (Wildman–Crippen LogP) is 3.75. The number of aromatic hydroxyl groups is 1. The first-order valence-electron chi connectivity index (χ1n) is 5.70. The van der Waals surface area contributed by atoms with E-state index in [1.165, 1.54) is 12.1 Å². The number of carbonyl (C=O) groups excluding carboxylic acids is 1. The smallest absolute Gasteiger partial charge is 0.207 e. The van der Waals surface area contributed by atoms with Gasteiger partial charge in [-0.05, 0) is 42.3 Å². The van der Waals surface area contributed by atoms with Gasteiger partial charge in [0.1, 0.15) is 5.75 Å². The molecule has 96 valence electrons. The van der Waals surface area contributed by atoms with Crippen LogP contribution >= 0.6 is 15.9 Å². The van der Waals surface area contributed by atoms with Crippen molar-refractivity contribution in [2.24, 2.45) is 0 Å². The SMILES string of the molecule is Cc1cnc(C(=O)/C=C/c2ccc(Br)cc2)c(O)c1. The van der Waals surface area contributed by atoms with Crippen LogP contribution in [0.15, 0.2) is 47.1 Å². The lowest BCUT2D eigenvalue weighted by Crippen LogP contribution is -1.99. The number of hydrogen-bond acceptors (Lipinski definition) is 3. The fourth-order valence-corrected chi connectivity index (χ4v) is 1.83. The number of benzene rings is 1. The highest BCUT2D eigenvalue weighted by Crippen LogP contribution is 2.17. The Labute approximate surface area is 119 Å². The second-order valence-corrected chi connectivity index (χ2v) is 5.05. The molecule has 0 aliphatic heterocycles. The van der Waals surface area contributed by atoms with Gasteiger partial charge in [0.15, 0.2) is 5.69 Å². The molecule has 1 aromatic heterocycles. The van der Waals surface area contributed by atoms with Gasteiger partial charge < -0.3 is 5.11 Å². The van der Waals surface area contributed by atoms with Crippen molar-refractivity contribution in [3.63, 3.8) is 0 Å². The van der Waals surface area contributed by atoms with Gasteiger partial charge in [-0.2, -0.15) is 0 Å². The maximum absolute atomic E-state index is 11.9. The van der Waals surface area contributed by atoms with Gasteiger partial charge in [-0.25, -0.2) is 4.98 Å². The number of pyridine rings is 1. The molecule has 3 nitrogen and oxygen atoms in total. The minimum Gasteiger partial charge on any atom is -0.506 e. The van der Waals surface area contributed by atoms with Crippen molar-refractivity contribution in [3.05, 3.63) is 63.9 Å². The first-order chi connectivity index (χ1) is 9.06. The number of ketones is 1. The summed E-state index contributed by atoms with van der Waals surface area (Å²) >= 11 is 3.34. The quantitative estimate of drug-likeness (QED) is 0.692. The maximum Gasteiger partial charge on any atom is 0.207 e. The van der Waals surface area contributed by atoms with Crippen LogP contribution in [-0.4, -0.2) is 15.9 Å². The lowest BCUT2D eigenvalue weighted by molar-refractivity contribution is 0.104. The molecule has 0 atom stereocenters. The second-order valence-electron chi connectivity index (χ2n) is 4.13. The molecule has 2 rings (SSSR count). The molecule has 4 heteroatoms. The van der Waals surface area contributed by atoms with Crippen molar-refractivity contribution in [2.45, 2.75) is 6.92 Å². The lowest BCUT2D eigenvalue weighted by Gasteiger charge is -2.00. The topological polar surface area (TPSA) is 50.2 Å². The first kappa shape index (κ1) is 13.5. The van der Waals surface area contributed by atoms with Crippen LogP contribution in [0.1, 0.15) is 21.6 Å². The van der Waals surface area contributed by atoms with E-state index in [0.29, 0.717) is 0 Å². The standard InChI is InChI=1S/C15H12BrNO2/c1-10-8-14(19)15(17-9-10)13(18)7-4-11-2-5-12(16)6-3-11/h2-9,19H,1H3/b7-4+. The molecule has 0 aliphatic rings. The third-order valence-electron chi connectivity index (χ3n) is 2.53. The molecule has 0 saturated heterocycles. The molecule has 0 saturated carbocycles. The molecule has 0 amide bonds. The average Bonchev–Trinajstić information content (AvgIpc) is 2.37. The monoisotopic (exact) mass is 317 g/mol. The number of halogens is 1. The third kappa shape index (κ3) is 3.51. The molecular weight excluding hydrogens is 306 g/mol. The van der Waals surface area contributed by atoms with E-state index < -0.39 is 0 Å². The molecular formula is C15H12BrNO2. The van der Waals surface area contributed by atoms with Gasteiger partial charge in [0.25, 0.3) is 0 Å². The van der Waals surface area contributed by atoms with E-state index >= 15 is 0 Å². The summed E-state index contributed by atoms with van der Waals surface area (Å²) in [6.45, 7) is 1.80. The molecule has 0 spiro atoms. The van der Waals surface area contributed by atoms with E-state index in [4.69, 9.17) is 0 Å². The van der Waals surface area contributed by atoms with Crippen LogP contribution in [0.25, 0.3) is 6.08 Å². The number of allylic oxidation sites excluding steroid dienone is 1. The number of carbonyl (C=O) groups is 1. The van der Waals surface area contributed by atoms with Crippen LogP contribution in [-0.2, 0) is 0 Å². The van der Waals surface area contributed by atoms with Crippen molar-refractivity contribution in [1.29, 1.82) is 0 Å². The second kappa shape index (κ2) is 5.80. The summed E-state index contributed by atoms with van der Waals surface area (Å²) in [5, 5.41) is 9.67. The zero-order chi connectivity index (χ0) is 13.8. The Kier molecular flexibility index (Phi) is 4.12. The minimum absolute atomic E-state index is 0.0685. The summed E-state index contributed by atoms with van der Waals surface area (Å²) in [6.07, 6.45) is 4.65. The Morgan fingerprint density at radius 2 is 2.00 bits per heavy atom. The first-order valence-corrected chi connectivity index (χ1v) is 6.49. The number of aromatic nitrogens is 1. The fraction of sp³-hybridized carbons (Fsp3) is 0.0667. The van der Waals surface area contributed by atoms with Crippen LogP contribution in [0.4, 0.5) is 0 Å². The molecule has 19 heavy (non-hydrogen) atoms. The predicted molar refractivity (Wildman–Crippen MR) is 78.1 cm³/mol. The molecule has 2 aromatic rings. The molecule has 1 aromatic carbocycles. The third-order valence-corrected chi connectivity index (χ3v) is 3.06. The van der Waals surface area contributed by atoms with Crippen LogP contribution < -0.4 is 0 Å². The van der Waals surface area contributed by atoms with Crippen molar-refractivity contribution in [3.8, 4) is 5.75 Å². The molecule has 0 fully saturated rings. The molecule has 0 radical (unpaired) electrons. The summed E-state index contributed by atoms with van der Waals surface area (Å²) in [5.74, 6) is -0.411. The molecule has 0 aliphatic carbocycles. The summed E-state index contributed by atoms with van der Waals surface area (Å²) in [7, 11) is 0. The summed E-state index contributed by atoms with van der Waals surface area (Å²) < 4.78 is 0.980. The number of nitrogens with zero attached hydrogens (tertiary/aromatic N) is 1. The van der Waals surface area contributed by atoms with E-state index in [1.54, 1.807) is 19.2 Å². The van der Waals surface area contributed by atoms with Crippen molar-refractivity contribution >= 4 is 27.8 Å². The highest BCUT2D eigenvalue weighted by atomic mass is 79.9. The van der Waals surface area contributed by atoms with Gasteiger partial charge >= 0.3 is 0 Å². The zero-order valence-electron chi connectivity index (χ0n) is 10.3. The van der Waals surface area contributed by atoms with Crippen molar-refractivity contribution in [2.75, 3.05) is 0 Å². The Morgan fingerprint density at radius 1 is 1.32 bits per heavy atom. The van der Waals surface area contributed by atoms with Crippen molar-refractivity contribution < 1.29 is 9.90 Å². The highest BCUT2D eigenvalue weighted by molar-refractivity contribution is 9.10. The normalized spacial score (nSPS) is 10.8.